The number of carbonyl (C=O) groups is 3. The van der Waals surface area contributed by atoms with Crippen molar-refractivity contribution in [3.63, 3.8) is 0 Å². The lowest BCUT2D eigenvalue weighted by molar-refractivity contribution is -0.356. The Kier molecular flexibility index (Phi) is 19.2. The van der Waals surface area contributed by atoms with E-state index in [0.717, 1.165) is 11.1 Å². The molecule has 8 aliphatic rings. The van der Waals surface area contributed by atoms with Gasteiger partial charge in [-0.2, -0.15) is 0 Å². The maximum Gasteiger partial charge on any atom is 0.331 e. The monoisotopic (exact) mass is 1140 g/mol. The van der Waals surface area contributed by atoms with E-state index in [-0.39, 0.29) is 37.6 Å². The summed E-state index contributed by atoms with van der Waals surface area (Å²) in [6.45, 7) is 13.7. The van der Waals surface area contributed by atoms with Gasteiger partial charge in [-0.05, 0) is 90.2 Å². The molecule has 3 saturated carbocycles. The van der Waals surface area contributed by atoms with Crippen LogP contribution in [0.5, 0.6) is 0 Å². The van der Waals surface area contributed by atoms with E-state index >= 15 is 0 Å². The van der Waals surface area contributed by atoms with Gasteiger partial charge >= 0.3 is 11.9 Å². The van der Waals surface area contributed by atoms with Gasteiger partial charge in [0.2, 0.25) is 0 Å². The first-order valence-electron chi connectivity index (χ1n) is 28.9. The number of benzene rings is 1. The lowest BCUT2D eigenvalue weighted by Crippen LogP contribution is -2.80. The molecule has 4 aliphatic heterocycles. The summed E-state index contributed by atoms with van der Waals surface area (Å²) in [6.07, 6.45) is -7.08. The molecule has 7 fully saturated rings. The second kappa shape index (κ2) is 24.9. The molecule has 4 N–H and O–H groups in total. The zero-order valence-electron chi connectivity index (χ0n) is 48.9. The highest BCUT2D eigenvalue weighted by Crippen LogP contribution is 2.70. The lowest BCUT2D eigenvalue weighted by Gasteiger charge is -2.68. The Balaban J connectivity index is 0.836. The van der Waals surface area contributed by atoms with Gasteiger partial charge in [-0.15, -0.1) is 0 Å². The van der Waals surface area contributed by atoms with Gasteiger partial charge < -0.3 is 86.7 Å². The Bertz CT molecular complexity index is 2410. The number of Topliss-reactive ketones (excluding diaryl/α,β-unsaturated/α-hetero) is 1. The fourth-order valence-corrected chi connectivity index (χ4v) is 15.5. The number of esters is 2. The molecule has 81 heavy (non-hydrogen) atoms. The summed E-state index contributed by atoms with van der Waals surface area (Å²) in [5.41, 5.74) is -4.49. The third-order valence-corrected chi connectivity index (χ3v) is 19.7. The van der Waals surface area contributed by atoms with Gasteiger partial charge in [-0.1, -0.05) is 55.8 Å². The second-order valence-electron chi connectivity index (χ2n) is 24.3. The standard InChI is InChI=1S/C60H88O21/c1-30(61)39-22-25-60(67)58(39,8)55(78-43(63)19-18-36-16-14-13-15-17-36)53(76-35(6)62)54-57(7)23-21-38(26-37(57)20-24-59(54,60)66)77-44-27-40(68-9)49(32(3)72-44)79-45-28-41(69-10)50(33(4)73-45)80-46-29-42(70-11)51(34(5)74-46)81-56-48(65)52(71-12)47(64)31(2)75-56/h13-20,31-34,38-42,44-56,64-67H,21-29H2,1-12H3/b19-18+/t31-,32-,33-,34-,38+,39-,40+,41+,42-,44+,45+,46?,47-,48-,49-,50-,51-,52-,53+,54-,55-,56?,57+,58+,59+,60-/m1/s1. The number of rotatable bonds is 17. The van der Waals surface area contributed by atoms with Crippen LogP contribution in [-0.4, -0.2) is 201 Å². The van der Waals surface area contributed by atoms with E-state index in [2.05, 4.69) is 0 Å². The minimum absolute atomic E-state index is 0.00277. The first kappa shape index (κ1) is 62.2. The van der Waals surface area contributed by atoms with Crippen molar-refractivity contribution in [1.29, 1.82) is 0 Å². The number of ketones is 1. The van der Waals surface area contributed by atoms with Crippen LogP contribution < -0.4 is 0 Å². The summed E-state index contributed by atoms with van der Waals surface area (Å²) in [5, 5.41) is 47.9. The van der Waals surface area contributed by atoms with E-state index in [1.165, 1.54) is 27.0 Å². The molecule has 4 saturated heterocycles. The number of hydrogen-bond acceptors (Lipinski definition) is 21. The summed E-state index contributed by atoms with van der Waals surface area (Å²) in [6, 6.07) is 9.22. The number of carbonyl (C=O) groups excluding carboxylic acids is 3. The van der Waals surface area contributed by atoms with E-state index in [9.17, 15) is 34.8 Å². The summed E-state index contributed by atoms with van der Waals surface area (Å²) < 4.78 is 87.5. The number of ether oxygens (including phenoxy) is 14. The van der Waals surface area contributed by atoms with Crippen molar-refractivity contribution in [3.8, 4) is 0 Å². The minimum atomic E-state index is -1.91. The molecule has 4 heterocycles. The van der Waals surface area contributed by atoms with Gasteiger partial charge in [-0.25, -0.2) is 4.79 Å². The largest absolute Gasteiger partial charge is 0.458 e. The molecule has 1 aromatic rings. The molecular weight excluding hydrogens is 1060 g/mol. The van der Waals surface area contributed by atoms with Crippen LogP contribution in [0, 0.1) is 22.7 Å². The molecule has 0 bridgehead atoms. The number of aliphatic hydroxyl groups excluding tert-OH is 2. The fourth-order valence-electron chi connectivity index (χ4n) is 15.5. The highest BCUT2D eigenvalue weighted by Gasteiger charge is 2.81. The highest BCUT2D eigenvalue weighted by atomic mass is 16.8. The number of aliphatic hydroxyl groups is 4. The van der Waals surface area contributed by atoms with Crippen LogP contribution >= 0.6 is 0 Å². The fraction of sp³-hybridized carbons (Fsp3) is 0.783. The van der Waals surface area contributed by atoms with Crippen molar-refractivity contribution in [2.24, 2.45) is 22.7 Å². The van der Waals surface area contributed by atoms with Crippen LogP contribution in [0.1, 0.15) is 119 Å². The maximum absolute atomic E-state index is 13.9. The van der Waals surface area contributed by atoms with Crippen LogP contribution in [0.15, 0.2) is 48.1 Å². The molecule has 26 atom stereocenters. The van der Waals surface area contributed by atoms with Crippen molar-refractivity contribution in [1.82, 2.24) is 0 Å². The number of methoxy groups -OCH3 is 4. The Morgan fingerprint density at radius 3 is 1.73 bits per heavy atom. The van der Waals surface area contributed by atoms with E-state index in [1.807, 2.05) is 64.1 Å². The average Bonchev–Trinajstić information content (AvgIpc) is 1.90. The summed E-state index contributed by atoms with van der Waals surface area (Å²) >= 11 is 0. The zero-order chi connectivity index (χ0) is 58.5. The second-order valence-corrected chi connectivity index (χ2v) is 24.3. The first-order valence-corrected chi connectivity index (χ1v) is 28.9. The van der Waals surface area contributed by atoms with E-state index in [1.54, 1.807) is 41.3 Å². The van der Waals surface area contributed by atoms with Crippen molar-refractivity contribution >= 4 is 23.8 Å². The molecule has 0 radical (unpaired) electrons. The Morgan fingerprint density at radius 2 is 1.20 bits per heavy atom. The van der Waals surface area contributed by atoms with Gasteiger partial charge in [-0.3, -0.25) is 9.59 Å². The Labute approximate surface area is 475 Å². The number of fused-ring (bicyclic) bond motifs is 5. The third kappa shape index (κ3) is 11.6. The van der Waals surface area contributed by atoms with Gasteiger partial charge in [0.25, 0.3) is 0 Å². The minimum Gasteiger partial charge on any atom is -0.458 e. The van der Waals surface area contributed by atoms with E-state index in [4.69, 9.17) is 66.3 Å². The van der Waals surface area contributed by atoms with Crippen molar-refractivity contribution < 1.29 is 101 Å². The van der Waals surface area contributed by atoms with E-state index in [0.29, 0.717) is 32.1 Å². The van der Waals surface area contributed by atoms with Crippen LogP contribution in [0.2, 0.25) is 0 Å². The normalized spacial score (nSPS) is 47.1. The van der Waals surface area contributed by atoms with Crippen molar-refractivity contribution in [2.45, 2.75) is 247 Å². The number of hydrogen-bond donors (Lipinski definition) is 4. The third-order valence-electron chi connectivity index (χ3n) is 19.7. The van der Waals surface area contributed by atoms with Crippen LogP contribution in [0.25, 0.3) is 6.08 Å². The summed E-state index contributed by atoms with van der Waals surface area (Å²) in [5.74, 6) is -3.36. The molecule has 0 spiro atoms. The molecule has 9 rings (SSSR count). The quantitative estimate of drug-likeness (QED) is 0.0941. The van der Waals surface area contributed by atoms with Crippen molar-refractivity contribution in [2.75, 3.05) is 28.4 Å². The van der Waals surface area contributed by atoms with Crippen LogP contribution in [-0.2, 0) is 80.7 Å². The zero-order valence-corrected chi connectivity index (χ0v) is 48.9. The van der Waals surface area contributed by atoms with Gasteiger partial charge in [0, 0.05) is 78.0 Å². The maximum atomic E-state index is 13.9. The predicted octanol–water partition coefficient (Wildman–Crippen LogP) is 4.63. The molecular formula is C60H88O21. The smallest absolute Gasteiger partial charge is 0.331 e. The van der Waals surface area contributed by atoms with Crippen molar-refractivity contribution in [3.05, 3.63) is 53.6 Å². The Morgan fingerprint density at radius 1 is 0.642 bits per heavy atom. The molecule has 21 heteroatoms. The van der Waals surface area contributed by atoms with Gasteiger partial charge in [0.1, 0.15) is 65.8 Å². The molecule has 454 valence electrons. The van der Waals surface area contributed by atoms with Gasteiger partial charge in [0.15, 0.2) is 25.2 Å². The molecule has 0 amide bonds. The van der Waals surface area contributed by atoms with Crippen LogP contribution in [0.4, 0.5) is 0 Å². The lowest BCUT2D eigenvalue weighted by atomic mass is 9.42. The topological polar surface area (TPSA) is 261 Å². The predicted molar refractivity (Wildman–Crippen MR) is 286 cm³/mol. The summed E-state index contributed by atoms with van der Waals surface area (Å²) in [7, 11) is 6.21. The SMILES string of the molecule is CO[C@@H]1[C@H](O)[C@@H](C)OC(O[C@@H]2[C@@H](C)OC(O[C@H]3[C@@H](OC)C[C@H](O[C@H]4[C@@H](OC)C[C@H](O[C@H]5CC[C@@]6(C)C(=CC[C@]7(O)[C@@H]6[C@H](OC(C)=O)[C@@H](OC(=O)/C=C/c6ccccc6)[C@]6(C)[C@@H](C(C)=O)CC[C@@]67O)C5)O[C@@H]4C)O[C@@H]3C)C[C@H]2OC)[C@@H]1O. The van der Waals surface area contributed by atoms with Crippen LogP contribution in [0.3, 0.4) is 0 Å². The molecule has 0 aromatic heterocycles. The summed E-state index contributed by atoms with van der Waals surface area (Å²) in [4.78, 5) is 40.6. The first-order chi connectivity index (χ1) is 38.4. The molecule has 2 unspecified atom stereocenters. The molecule has 1 aromatic carbocycles. The molecule has 4 aliphatic carbocycles. The van der Waals surface area contributed by atoms with Gasteiger partial charge in [0.05, 0.1) is 48.8 Å². The average molecular weight is 1150 g/mol. The molecule has 21 nitrogen and oxygen atoms in total. The highest BCUT2D eigenvalue weighted by molar-refractivity contribution is 5.87. The Hall–Kier alpha value is -3.33. The van der Waals surface area contributed by atoms with E-state index < -0.39 is 163 Å².